The van der Waals surface area contributed by atoms with E-state index in [9.17, 15) is 4.79 Å². The highest BCUT2D eigenvalue weighted by atomic mass is 28.4. The second-order valence-electron chi connectivity index (χ2n) is 20.4. The molecule has 1 saturated heterocycles. The molecule has 1 aromatic heterocycles. The number of aromatic nitrogens is 1. The van der Waals surface area contributed by atoms with Crippen LogP contribution in [0.5, 0.6) is 5.75 Å². The van der Waals surface area contributed by atoms with Gasteiger partial charge in [-0.25, -0.2) is 4.99 Å². The van der Waals surface area contributed by atoms with Crippen LogP contribution in [0.15, 0.2) is 94.7 Å². The summed E-state index contributed by atoms with van der Waals surface area (Å²) < 4.78 is 14.8. The summed E-state index contributed by atoms with van der Waals surface area (Å²) in [6.07, 6.45) is 6.51. The molecule has 0 atom stereocenters. The van der Waals surface area contributed by atoms with Crippen LogP contribution in [0.3, 0.4) is 0 Å². The monoisotopic (exact) mass is 885 g/mol. The molecule has 0 radical (unpaired) electrons. The predicted molar refractivity (Wildman–Crippen MR) is 267 cm³/mol. The zero-order valence-electron chi connectivity index (χ0n) is 39.7. The second kappa shape index (κ2) is 19.2. The highest BCUT2D eigenvalue weighted by molar-refractivity contribution is 6.99. The fourth-order valence-corrected chi connectivity index (χ4v) is 20.7. The summed E-state index contributed by atoms with van der Waals surface area (Å²) in [4.78, 5) is 25.5. The zero-order chi connectivity index (χ0) is 45.0. The Morgan fingerprint density at radius 3 is 2.00 bits per heavy atom. The first-order chi connectivity index (χ1) is 30.1. The third-order valence-corrected chi connectivity index (χ3v) is 25.6. The molecule has 63 heavy (non-hydrogen) atoms. The van der Waals surface area contributed by atoms with E-state index in [2.05, 4.69) is 180 Å². The molecule has 9 nitrogen and oxygen atoms in total. The molecule has 7 rings (SSSR count). The highest BCUT2D eigenvalue weighted by Crippen LogP contribution is 2.44. The van der Waals surface area contributed by atoms with Gasteiger partial charge in [-0.3, -0.25) is 15.2 Å². The largest absolute Gasteiger partial charge is 0.491 e. The minimum atomic E-state index is -2.74. The lowest BCUT2D eigenvalue weighted by Gasteiger charge is -2.45. The molecule has 2 fully saturated rings. The number of nitrogens with zero attached hydrogens (tertiary/aromatic N) is 4. The van der Waals surface area contributed by atoms with E-state index in [0.29, 0.717) is 42.0 Å². The molecule has 3 heterocycles. The number of hydrazine groups is 1. The number of H-pyrrole nitrogens is 1. The first-order valence-electron chi connectivity index (χ1n) is 23.4. The number of aromatic amines is 1. The number of hydrogen-bond donors (Lipinski definition) is 2. The molecule has 1 saturated carbocycles. The van der Waals surface area contributed by atoms with E-state index in [1.165, 1.54) is 23.2 Å². The lowest BCUT2D eigenvalue weighted by molar-refractivity contribution is 0.0792. The molecule has 2 N–H and O–H groups in total. The summed E-state index contributed by atoms with van der Waals surface area (Å²) in [6, 6.07) is 30.1. The average Bonchev–Trinajstić information content (AvgIpc) is 3.73. The van der Waals surface area contributed by atoms with Crippen LogP contribution in [0.2, 0.25) is 21.7 Å². The van der Waals surface area contributed by atoms with E-state index in [1.54, 1.807) is 6.07 Å². The number of likely N-dealkylation sites (N-methyl/N-ethyl adjacent to an activating group) is 1. The molecular weight excluding hydrogens is 813 g/mol. The number of hydrogen-bond acceptors (Lipinski definition) is 8. The Morgan fingerprint density at radius 1 is 0.825 bits per heavy atom. The molecule has 2 aliphatic heterocycles. The summed E-state index contributed by atoms with van der Waals surface area (Å²) in [7, 11) is -2.57. The van der Waals surface area contributed by atoms with Gasteiger partial charge in [-0.15, -0.1) is 5.54 Å². The van der Waals surface area contributed by atoms with Crippen molar-refractivity contribution in [3.05, 3.63) is 112 Å². The van der Waals surface area contributed by atoms with Gasteiger partial charge >= 0.3 is 0 Å². The van der Waals surface area contributed by atoms with Gasteiger partial charge in [-0.05, 0) is 64.1 Å². The van der Waals surface area contributed by atoms with E-state index in [-0.39, 0.29) is 16.0 Å². The lowest BCUT2D eigenvalue weighted by Crippen LogP contribution is -2.67. The molecule has 0 unspecified atom stereocenters. The zero-order valence-corrected chi connectivity index (χ0v) is 41.7. The minimum absolute atomic E-state index is 0.103. The molecule has 4 aromatic rings. The van der Waals surface area contributed by atoms with E-state index in [0.717, 1.165) is 66.9 Å². The van der Waals surface area contributed by atoms with Crippen molar-refractivity contribution in [2.24, 2.45) is 10.4 Å². The summed E-state index contributed by atoms with van der Waals surface area (Å²) in [6.45, 7) is 26.4. The van der Waals surface area contributed by atoms with Crippen LogP contribution in [-0.2, 0) is 4.43 Å². The van der Waals surface area contributed by atoms with Crippen LogP contribution >= 0.6 is 0 Å². The molecular formula is C52H72N6O3Si2. The summed E-state index contributed by atoms with van der Waals surface area (Å²) in [5.41, 5.74) is 11.9. The maximum absolute atomic E-state index is 12.9. The summed E-state index contributed by atoms with van der Waals surface area (Å²) in [5.74, 6) is 4.42. The van der Waals surface area contributed by atoms with Crippen LogP contribution in [0, 0.1) is 16.9 Å². The maximum Gasteiger partial charge on any atom is 0.261 e. The molecule has 3 aromatic carbocycles. The van der Waals surface area contributed by atoms with Crippen molar-refractivity contribution >= 4 is 44.3 Å². The van der Waals surface area contributed by atoms with E-state index < -0.39 is 16.4 Å². The maximum atomic E-state index is 12.9. The Morgan fingerprint density at radius 2 is 1.43 bits per heavy atom. The number of pyridine rings is 1. The number of nitrogens with one attached hydrogen (secondary N) is 2. The molecule has 0 amide bonds. The van der Waals surface area contributed by atoms with Crippen molar-refractivity contribution in [2.75, 3.05) is 63.4 Å². The van der Waals surface area contributed by atoms with Gasteiger partial charge in [0.25, 0.3) is 13.9 Å². The van der Waals surface area contributed by atoms with Gasteiger partial charge in [0.05, 0.1) is 23.2 Å². The van der Waals surface area contributed by atoms with Gasteiger partial charge in [-0.1, -0.05) is 142 Å². The van der Waals surface area contributed by atoms with Crippen LogP contribution in [-0.4, -0.2) is 84.4 Å². The highest BCUT2D eigenvalue weighted by Gasteiger charge is 2.52. The second-order valence-corrected chi connectivity index (χ2v) is 30.3. The fraction of sp³-hybridized carbons (Fsp3) is 0.500. The van der Waals surface area contributed by atoms with Crippen molar-refractivity contribution in [3.8, 4) is 17.2 Å². The topological polar surface area (TPSA) is 85.4 Å². The predicted octanol–water partition coefficient (Wildman–Crippen LogP) is 7.87. The third kappa shape index (κ3) is 9.75. The minimum Gasteiger partial charge on any atom is -0.491 e. The standard InChI is InChI=1S/C52H72N6O3Si2/c1-39(2)62(40(3)4,41(5)6)32-25-42-33-49(59)54-50-46(42)35-58(38-53-50)55-43-23-24-47(57-30-28-56(10)29-31-57)48(34-43)60-36-52(26-17-18-27-52)37-61-63(51(7,8)9,44-19-13-11-14-20-44)45-21-15-12-16-22-45/h11-16,19-24,33-35,39-41,55H,17-18,26-31,36-38H2,1-10H3,(H,53,54,59). The van der Waals surface area contributed by atoms with Crippen LogP contribution in [0.4, 0.5) is 11.4 Å². The molecule has 1 aliphatic carbocycles. The van der Waals surface area contributed by atoms with Crippen LogP contribution in [0.25, 0.3) is 6.20 Å². The first-order valence-corrected chi connectivity index (χ1v) is 27.5. The molecule has 0 bridgehead atoms. The SMILES string of the molecule is CC(C)[Si](C#Cc1cc(=O)[nH]c2c1=CN(Nc1ccc(N3CCN(C)CC3)c(OCC3(CO[Si](c4ccccc4)(c4ccccc4)C(C)(C)C)CCCC3)c1)CN=2)(C(C)C)C(C)C. The molecule has 11 heteroatoms. The Balaban J connectivity index is 1.19. The molecule has 336 valence electrons. The van der Waals surface area contributed by atoms with Crippen molar-refractivity contribution < 1.29 is 9.16 Å². The van der Waals surface area contributed by atoms with Gasteiger partial charge in [-0.2, -0.15) is 0 Å². The Kier molecular flexibility index (Phi) is 14.2. The number of fused-ring (bicyclic) bond motifs is 1. The van der Waals surface area contributed by atoms with Gasteiger partial charge < -0.3 is 23.9 Å². The van der Waals surface area contributed by atoms with E-state index in [1.807, 2.05) is 11.2 Å². The molecule has 0 spiro atoms. The van der Waals surface area contributed by atoms with Crippen molar-refractivity contribution in [1.82, 2.24) is 14.9 Å². The van der Waals surface area contributed by atoms with Gasteiger partial charge in [0, 0.05) is 62.1 Å². The van der Waals surface area contributed by atoms with Gasteiger partial charge in [0.1, 0.15) is 26.0 Å². The number of benzene rings is 3. The average molecular weight is 885 g/mol. The number of rotatable bonds is 14. The number of anilines is 2. The van der Waals surface area contributed by atoms with Crippen molar-refractivity contribution in [3.63, 3.8) is 0 Å². The third-order valence-electron chi connectivity index (χ3n) is 14.3. The Labute approximate surface area is 379 Å². The number of piperazine rings is 1. The molecule has 3 aliphatic rings. The summed E-state index contributed by atoms with van der Waals surface area (Å²) in [5, 5.41) is 5.32. The van der Waals surface area contributed by atoms with Gasteiger partial charge in [0.2, 0.25) is 0 Å². The fourth-order valence-electron chi connectivity index (χ4n) is 10.8. The Bertz CT molecular complexity index is 2360. The van der Waals surface area contributed by atoms with Crippen LogP contribution < -0.4 is 41.7 Å². The quantitative estimate of drug-likeness (QED) is 0.0986. The summed E-state index contributed by atoms with van der Waals surface area (Å²) >= 11 is 0. The normalized spacial score (nSPS) is 17.0. The van der Waals surface area contributed by atoms with E-state index >= 15 is 0 Å². The first kappa shape index (κ1) is 46.4. The van der Waals surface area contributed by atoms with Crippen molar-refractivity contribution in [2.45, 2.75) is 110 Å². The smallest absolute Gasteiger partial charge is 0.261 e. The van der Waals surface area contributed by atoms with E-state index in [4.69, 9.17) is 14.2 Å². The van der Waals surface area contributed by atoms with Crippen LogP contribution in [0.1, 0.15) is 93.6 Å². The van der Waals surface area contributed by atoms with Crippen molar-refractivity contribution in [1.29, 1.82) is 0 Å². The van der Waals surface area contributed by atoms with Gasteiger partial charge in [0.15, 0.2) is 0 Å². The Hall–Kier alpha value is -4.61. The lowest BCUT2D eigenvalue weighted by atomic mass is 9.88. The number of ether oxygens (including phenoxy) is 1.